The van der Waals surface area contributed by atoms with E-state index in [1.807, 2.05) is 23.9 Å². The normalized spacial score (nSPS) is 15.7. The summed E-state index contributed by atoms with van der Waals surface area (Å²) in [7, 11) is 0.739. The van der Waals surface area contributed by atoms with E-state index < -0.39 is 8.07 Å². The monoisotopic (exact) mass is 364 g/mol. The predicted octanol–water partition coefficient (Wildman–Crippen LogP) is 1.80. The first kappa shape index (κ1) is 18.3. The standard InChI is InChI=1S/C17H28N4O3Si/c1-18-9-15-19-14-5-6-20(13-10-24-11-13)17(22)16(14)21(15)12-23-7-8-25(2,3)4/h5-6,13,18H,7-12H2,1-4H3. The van der Waals surface area contributed by atoms with E-state index >= 15 is 0 Å². The van der Waals surface area contributed by atoms with Crippen molar-refractivity contribution in [1.82, 2.24) is 19.4 Å². The molecular formula is C17H28N4O3Si. The number of hydrogen-bond donors (Lipinski definition) is 1. The molecule has 0 amide bonds. The van der Waals surface area contributed by atoms with E-state index in [0.717, 1.165) is 17.4 Å². The van der Waals surface area contributed by atoms with Crippen LogP contribution in [0.3, 0.4) is 0 Å². The van der Waals surface area contributed by atoms with Crippen molar-refractivity contribution in [1.29, 1.82) is 0 Å². The first-order chi connectivity index (χ1) is 11.9. The first-order valence-corrected chi connectivity index (χ1v) is 12.5. The van der Waals surface area contributed by atoms with Crippen molar-refractivity contribution in [3.05, 3.63) is 28.4 Å². The van der Waals surface area contributed by atoms with E-state index in [4.69, 9.17) is 9.47 Å². The average molecular weight is 365 g/mol. The maximum Gasteiger partial charge on any atom is 0.277 e. The molecule has 3 rings (SSSR count). The van der Waals surface area contributed by atoms with Crippen molar-refractivity contribution in [3.8, 4) is 0 Å². The van der Waals surface area contributed by atoms with Gasteiger partial charge in [0.2, 0.25) is 0 Å². The molecule has 7 nitrogen and oxygen atoms in total. The zero-order valence-corrected chi connectivity index (χ0v) is 16.5. The molecular weight excluding hydrogens is 336 g/mol. The summed E-state index contributed by atoms with van der Waals surface area (Å²) in [5, 5.41) is 3.12. The summed E-state index contributed by atoms with van der Waals surface area (Å²) in [6, 6.07) is 3.14. The Labute approximate surface area is 149 Å². The second-order valence-corrected chi connectivity index (χ2v) is 13.4. The second kappa shape index (κ2) is 7.41. The molecule has 2 aromatic heterocycles. The molecule has 1 N–H and O–H groups in total. The highest BCUT2D eigenvalue weighted by atomic mass is 28.3. The lowest BCUT2D eigenvalue weighted by molar-refractivity contribution is -0.0246. The summed E-state index contributed by atoms with van der Waals surface area (Å²) in [4.78, 5) is 17.6. The third-order valence-corrected chi connectivity index (χ3v) is 6.17. The van der Waals surface area contributed by atoms with Gasteiger partial charge < -0.3 is 19.4 Å². The quantitative estimate of drug-likeness (QED) is 0.571. The molecule has 1 aliphatic heterocycles. The van der Waals surface area contributed by atoms with E-state index in [-0.39, 0.29) is 11.6 Å². The highest BCUT2D eigenvalue weighted by molar-refractivity contribution is 6.76. The number of rotatable bonds is 8. The first-order valence-electron chi connectivity index (χ1n) is 8.81. The number of nitrogens with one attached hydrogen (secondary N) is 1. The van der Waals surface area contributed by atoms with Gasteiger partial charge in [-0.25, -0.2) is 4.98 Å². The van der Waals surface area contributed by atoms with Gasteiger partial charge in [0, 0.05) is 20.9 Å². The second-order valence-electron chi connectivity index (χ2n) is 7.79. The number of hydrogen-bond acceptors (Lipinski definition) is 5. The summed E-state index contributed by atoms with van der Waals surface area (Å²) in [6.07, 6.45) is 1.82. The van der Waals surface area contributed by atoms with Crippen LogP contribution >= 0.6 is 0 Å². The molecule has 0 spiro atoms. The molecule has 138 valence electrons. The molecule has 0 saturated carbocycles. The van der Waals surface area contributed by atoms with Gasteiger partial charge in [-0.1, -0.05) is 19.6 Å². The maximum absolute atomic E-state index is 13.0. The van der Waals surface area contributed by atoms with Crippen LogP contribution in [0.25, 0.3) is 11.0 Å². The van der Waals surface area contributed by atoms with E-state index in [1.54, 1.807) is 4.57 Å². The van der Waals surface area contributed by atoms with Crippen LogP contribution in [0.4, 0.5) is 0 Å². The summed E-state index contributed by atoms with van der Waals surface area (Å²) in [6.45, 7) is 9.84. The number of nitrogens with zero attached hydrogens (tertiary/aromatic N) is 3. The molecule has 0 bridgehead atoms. The SMILES string of the molecule is CNCc1nc2ccn(C3COC3)c(=O)c2n1COCC[Si](C)(C)C. The minimum Gasteiger partial charge on any atom is -0.377 e. The van der Waals surface area contributed by atoms with Gasteiger partial charge in [0.25, 0.3) is 5.56 Å². The lowest BCUT2D eigenvalue weighted by atomic mass is 10.2. The molecule has 1 aliphatic rings. The number of aromatic nitrogens is 3. The third-order valence-electron chi connectivity index (χ3n) is 4.47. The topological polar surface area (TPSA) is 70.3 Å². The number of ether oxygens (including phenoxy) is 2. The Hall–Kier alpha value is -1.48. The molecule has 8 heteroatoms. The lowest BCUT2D eigenvalue weighted by Crippen LogP contribution is -2.37. The van der Waals surface area contributed by atoms with Crippen molar-refractivity contribution in [2.75, 3.05) is 26.9 Å². The number of imidazole rings is 1. The summed E-state index contributed by atoms with van der Waals surface area (Å²) in [5.74, 6) is 0.824. The van der Waals surface area contributed by atoms with Crippen LogP contribution in [0.2, 0.25) is 25.7 Å². The van der Waals surface area contributed by atoms with E-state index in [9.17, 15) is 4.79 Å². The zero-order valence-electron chi connectivity index (χ0n) is 15.5. The van der Waals surface area contributed by atoms with E-state index in [2.05, 4.69) is 29.9 Å². The molecule has 1 fully saturated rings. The third kappa shape index (κ3) is 4.03. The van der Waals surface area contributed by atoms with Gasteiger partial charge >= 0.3 is 0 Å². The molecule has 0 aliphatic carbocycles. The van der Waals surface area contributed by atoms with E-state index in [0.29, 0.717) is 38.6 Å². The maximum atomic E-state index is 13.0. The number of fused-ring (bicyclic) bond motifs is 1. The van der Waals surface area contributed by atoms with Crippen LogP contribution in [0.5, 0.6) is 0 Å². The van der Waals surface area contributed by atoms with Gasteiger partial charge in [0.15, 0.2) is 0 Å². The molecule has 0 aromatic carbocycles. The minimum atomic E-state index is -1.14. The van der Waals surface area contributed by atoms with Gasteiger partial charge in [0.1, 0.15) is 18.1 Å². The van der Waals surface area contributed by atoms with Crippen LogP contribution in [0.15, 0.2) is 17.1 Å². The zero-order chi connectivity index (χ0) is 18.0. The van der Waals surface area contributed by atoms with Crippen LogP contribution < -0.4 is 10.9 Å². The van der Waals surface area contributed by atoms with E-state index in [1.165, 1.54) is 0 Å². The van der Waals surface area contributed by atoms with Gasteiger partial charge in [-0.15, -0.1) is 0 Å². The number of pyridine rings is 1. The highest BCUT2D eigenvalue weighted by Crippen LogP contribution is 2.19. The van der Waals surface area contributed by atoms with Gasteiger partial charge in [-0.3, -0.25) is 9.36 Å². The van der Waals surface area contributed by atoms with Crippen LogP contribution in [0, 0.1) is 0 Å². The van der Waals surface area contributed by atoms with Crippen LogP contribution in [-0.2, 0) is 22.7 Å². The van der Waals surface area contributed by atoms with Crippen molar-refractivity contribution in [2.24, 2.45) is 0 Å². The molecule has 3 heterocycles. The molecule has 2 aromatic rings. The van der Waals surface area contributed by atoms with Gasteiger partial charge in [0.05, 0.1) is 31.3 Å². The minimum absolute atomic E-state index is 0.0190. The Kier molecular flexibility index (Phi) is 5.43. The lowest BCUT2D eigenvalue weighted by Gasteiger charge is -2.27. The smallest absolute Gasteiger partial charge is 0.277 e. The highest BCUT2D eigenvalue weighted by Gasteiger charge is 2.24. The molecule has 0 atom stereocenters. The Balaban J connectivity index is 1.89. The van der Waals surface area contributed by atoms with Gasteiger partial charge in [-0.2, -0.15) is 0 Å². The Bertz CT molecular complexity index is 790. The summed E-state index contributed by atoms with van der Waals surface area (Å²) in [5.41, 5.74) is 1.32. The predicted molar refractivity (Wildman–Crippen MR) is 101 cm³/mol. The Morgan fingerprint density at radius 2 is 2.16 bits per heavy atom. The Morgan fingerprint density at radius 1 is 1.40 bits per heavy atom. The summed E-state index contributed by atoms with van der Waals surface area (Å²) >= 11 is 0. The molecule has 0 unspecified atom stereocenters. The van der Waals surface area contributed by atoms with Crippen LogP contribution in [-0.4, -0.2) is 49.1 Å². The van der Waals surface area contributed by atoms with Gasteiger partial charge in [-0.05, 0) is 19.2 Å². The van der Waals surface area contributed by atoms with Crippen molar-refractivity contribution in [2.45, 2.75) is 45.0 Å². The van der Waals surface area contributed by atoms with Crippen molar-refractivity contribution >= 4 is 19.1 Å². The molecule has 1 saturated heterocycles. The summed E-state index contributed by atoms with van der Waals surface area (Å²) < 4.78 is 14.8. The fourth-order valence-electron chi connectivity index (χ4n) is 2.84. The Morgan fingerprint density at radius 3 is 2.76 bits per heavy atom. The largest absolute Gasteiger partial charge is 0.377 e. The average Bonchev–Trinajstić information content (AvgIpc) is 2.82. The molecule has 0 radical (unpaired) electrons. The molecule has 25 heavy (non-hydrogen) atoms. The van der Waals surface area contributed by atoms with Crippen molar-refractivity contribution in [3.63, 3.8) is 0 Å². The fraction of sp³-hybridized carbons (Fsp3) is 0.647. The fourth-order valence-corrected chi connectivity index (χ4v) is 3.60. The van der Waals surface area contributed by atoms with Crippen LogP contribution in [0.1, 0.15) is 11.9 Å². The van der Waals surface area contributed by atoms with Crippen molar-refractivity contribution < 1.29 is 9.47 Å².